The third-order valence-electron chi connectivity index (χ3n) is 4.35. The smallest absolute Gasteiger partial charge is 0.115 e. The number of nitrogens with zero attached hydrogens (tertiary/aromatic N) is 2. The van der Waals surface area contributed by atoms with Crippen LogP contribution in [0, 0.1) is 0 Å². The lowest BCUT2D eigenvalue weighted by Crippen LogP contribution is -2.45. The van der Waals surface area contributed by atoms with Gasteiger partial charge in [-0.1, -0.05) is 36.8 Å². The van der Waals surface area contributed by atoms with Crippen molar-refractivity contribution in [2.75, 3.05) is 7.05 Å². The van der Waals surface area contributed by atoms with Gasteiger partial charge in [0.25, 0.3) is 0 Å². The topological polar surface area (TPSA) is 37.8 Å². The summed E-state index contributed by atoms with van der Waals surface area (Å²) < 4.78 is 0. The molecule has 1 N–H and O–H groups in total. The first-order valence-electron chi connectivity index (χ1n) is 6.84. The number of rotatable bonds is 4. The fraction of sp³-hybridized carbons (Fsp3) is 0.375. The maximum absolute atomic E-state index is 4.17. The van der Waals surface area contributed by atoms with Crippen LogP contribution in [-0.2, 0) is 5.41 Å². The molecule has 1 unspecified atom stereocenters. The molecule has 3 nitrogen and oxygen atoms in total. The highest BCUT2D eigenvalue weighted by atomic mass is 14.9. The molecule has 3 heteroatoms. The molecule has 1 aromatic carbocycles. The molecule has 0 amide bonds. The van der Waals surface area contributed by atoms with Crippen LogP contribution >= 0.6 is 0 Å². The molecule has 0 aliphatic heterocycles. The second kappa shape index (κ2) is 5.10. The van der Waals surface area contributed by atoms with E-state index in [4.69, 9.17) is 0 Å². The summed E-state index contributed by atoms with van der Waals surface area (Å²) in [4.78, 5) is 8.34. The van der Waals surface area contributed by atoms with Gasteiger partial charge in [0.2, 0.25) is 0 Å². The molecule has 1 atom stereocenters. The van der Waals surface area contributed by atoms with Gasteiger partial charge in [-0.3, -0.25) is 0 Å². The van der Waals surface area contributed by atoms with Crippen LogP contribution in [0.5, 0.6) is 0 Å². The average molecular weight is 253 g/mol. The molecule has 1 aliphatic rings. The molecule has 3 rings (SSSR count). The first-order valence-corrected chi connectivity index (χ1v) is 6.84. The van der Waals surface area contributed by atoms with E-state index in [-0.39, 0.29) is 11.5 Å². The van der Waals surface area contributed by atoms with Crippen molar-refractivity contribution in [3.8, 4) is 0 Å². The van der Waals surface area contributed by atoms with Gasteiger partial charge in [0.05, 0.1) is 0 Å². The van der Waals surface area contributed by atoms with Crippen molar-refractivity contribution in [1.29, 1.82) is 0 Å². The zero-order valence-electron chi connectivity index (χ0n) is 11.2. The Morgan fingerprint density at radius 3 is 2.32 bits per heavy atom. The van der Waals surface area contributed by atoms with Crippen LogP contribution in [0.4, 0.5) is 0 Å². The van der Waals surface area contributed by atoms with Gasteiger partial charge in [-0.15, -0.1) is 0 Å². The van der Waals surface area contributed by atoms with Crippen LogP contribution in [-0.4, -0.2) is 17.0 Å². The summed E-state index contributed by atoms with van der Waals surface area (Å²) in [7, 11) is 2.03. The molecule has 0 spiro atoms. The van der Waals surface area contributed by atoms with E-state index in [1.807, 2.05) is 19.4 Å². The molecule has 0 bridgehead atoms. The third kappa shape index (κ3) is 2.04. The van der Waals surface area contributed by atoms with Crippen molar-refractivity contribution in [2.45, 2.75) is 30.7 Å². The number of hydrogen-bond acceptors (Lipinski definition) is 3. The summed E-state index contributed by atoms with van der Waals surface area (Å²) >= 11 is 0. The van der Waals surface area contributed by atoms with Crippen LogP contribution in [0.15, 0.2) is 49.1 Å². The summed E-state index contributed by atoms with van der Waals surface area (Å²) in [5, 5.41) is 3.48. The monoisotopic (exact) mass is 253 g/mol. The molecule has 0 radical (unpaired) electrons. The second-order valence-electron chi connectivity index (χ2n) is 5.27. The summed E-state index contributed by atoms with van der Waals surface area (Å²) in [6.07, 6.45) is 9.18. The van der Waals surface area contributed by atoms with E-state index >= 15 is 0 Å². The normalized spacial score (nSPS) is 18.6. The maximum Gasteiger partial charge on any atom is 0.115 e. The molecule has 1 fully saturated rings. The van der Waals surface area contributed by atoms with Crippen LogP contribution in [0.2, 0.25) is 0 Å². The standard InChI is InChI=1S/C16H19N3/c1-17-15(13-10-18-12-19-11-13)16(8-5-9-16)14-6-3-2-4-7-14/h2-4,6-7,10-12,15,17H,5,8-9H2,1H3. The van der Waals surface area contributed by atoms with Gasteiger partial charge < -0.3 is 5.32 Å². The molecule has 19 heavy (non-hydrogen) atoms. The summed E-state index contributed by atoms with van der Waals surface area (Å²) in [5.41, 5.74) is 2.79. The highest BCUT2D eigenvalue weighted by Crippen LogP contribution is 2.51. The lowest BCUT2D eigenvalue weighted by atomic mass is 9.59. The Morgan fingerprint density at radius 1 is 1.11 bits per heavy atom. The van der Waals surface area contributed by atoms with Crippen LogP contribution in [0.25, 0.3) is 0 Å². The van der Waals surface area contributed by atoms with Gasteiger partial charge in [-0.05, 0) is 25.5 Å². The fourth-order valence-electron chi connectivity index (χ4n) is 3.29. The van der Waals surface area contributed by atoms with Crippen molar-refractivity contribution >= 4 is 0 Å². The molecule has 0 saturated heterocycles. The number of likely N-dealkylation sites (N-methyl/N-ethyl adjacent to an activating group) is 1. The predicted molar refractivity (Wildman–Crippen MR) is 75.8 cm³/mol. The Kier molecular flexibility index (Phi) is 3.30. The molecule has 1 saturated carbocycles. The van der Waals surface area contributed by atoms with Crippen molar-refractivity contribution in [1.82, 2.24) is 15.3 Å². The number of benzene rings is 1. The van der Waals surface area contributed by atoms with Crippen molar-refractivity contribution in [2.24, 2.45) is 0 Å². The van der Waals surface area contributed by atoms with Gasteiger partial charge >= 0.3 is 0 Å². The van der Waals surface area contributed by atoms with Gasteiger partial charge in [0.1, 0.15) is 6.33 Å². The van der Waals surface area contributed by atoms with Gasteiger partial charge in [0.15, 0.2) is 0 Å². The van der Waals surface area contributed by atoms with E-state index in [1.165, 1.54) is 30.4 Å². The molecule has 98 valence electrons. The van der Waals surface area contributed by atoms with Crippen molar-refractivity contribution in [3.05, 3.63) is 60.2 Å². The van der Waals surface area contributed by atoms with Crippen molar-refractivity contribution < 1.29 is 0 Å². The Morgan fingerprint density at radius 2 is 1.79 bits per heavy atom. The van der Waals surface area contributed by atoms with Crippen LogP contribution < -0.4 is 5.32 Å². The highest BCUT2D eigenvalue weighted by molar-refractivity contribution is 5.34. The molecular weight excluding hydrogens is 234 g/mol. The van der Waals surface area contributed by atoms with E-state index in [0.29, 0.717) is 0 Å². The minimum absolute atomic E-state index is 0.195. The van der Waals surface area contributed by atoms with Crippen molar-refractivity contribution in [3.63, 3.8) is 0 Å². The summed E-state index contributed by atoms with van der Waals surface area (Å²) in [6, 6.07) is 11.1. The zero-order chi connectivity index (χ0) is 13.1. The number of hydrogen-bond donors (Lipinski definition) is 1. The van der Waals surface area contributed by atoms with E-state index in [0.717, 1.165) is 0 Å². The van der Waals surface area contributed by atoms with E-state index < -0.39 is 0 Å². The molecule has 2 aromatic rings. The van der Waals surface area contributed by atoms with E-state index in [1.54, 1.807) is 6.33 Å². The summed E-state index contributed by atoms with van der Waals surface area (Å²) in [6.45, 7) is 0. The maximum atomic E-state index is 4.17. The molecular formula is C16H19N3. The fourth-order valence-corrected chi connectivity index (χ4v) is 3.29. The highest BCUT2D eigenvalue weighted by Gasteiger charge is 2.45. The van der Waals surface area contributed by atoms with Crippen LogP contribution in [0.3, 0.4) is 0 Å². The van der Waals surface area contributed by atoms with Gasteiger partial charge in [-0.2, -0.15) is 0 Å². The first kappa shape index (κ1) is 12.3. The number of aromatic nitrogens is 2. The Labute approximate surface area is 114 Å². The Hall–Kier alpha value is -1.74. The van der Waals surface area contributed by atoms with Crippen LogP contribution in [0.1, 0.15) is 36.4 Å². The minimum atomic E-state index is 0.195. The lowest BCUT2D eigenvalue weighted by Gasteiger charge is -2.48. The predicted octanol–water partition coefficient (Wildman–Crippen LogP) is 2.86. The molecule has 1 aromatic heterocycles. The zero-order valence-corrected chi connectivity index (χ0v) is 11.2. The Bertz CT molecular complexity index is 520. The summed E-state index contributed by atoms with van der Waals surface area (Å²) in [5.74, 6) is 0. The SMILES string of the molecule is CNC(c1cncnc1)C1(c2ccccc2)CCC1. The van der Waals surface area contributed by atoms with Gasteiger partial charge in [-0.25, -0.2) is 9.97 Å². The third-order valence-corrected chi connectivity index (χ3v) is 4.35. The second-order valence-corrected chi connectivity index (χ2v) is 5.27. The van der Waals surface area contributed by atoms with E-state index in [9.17, 15) is 0 Å². The quantitative estimate of drug-likeness (QED) is 0.910. The first-order chi connectivity index (χ1) is 9.37. The lowest BCUT2D eigenvalue weighted by molar-refractivity contribution is 0.175. The van der Waals surface area contributed by atoms with Gasteiger partial charge in [0, 0.05) is 29.4 Å². The van der Waals surface area contributed by atoms with E-state index in [2.05, 4.69) is 45.6 Å². The minimum Gasteiger partial charge on any atom is -0.312 e. The Balaban J connectivity index is 2.01. The number of nitrogens with one attached hydrogen (secondary N) is 1. The molecule has 1 aliphatic carbocycles. The average Bonchev–Trinajstić information content (AvgIpc) is 2.44. The molecule has 1 heterocycles. The largest absolute Gasteiger partial charge is 0.312 e.